The van der Waals surface area contributed by atoms with E-state index in [0.717, 1.165) is 16.9 Å². The van der Waals surface area contributed by atoms with Crippen LogP contribution in [0.4, 0.5) is 5.69 Å². The van der Waals surface area contributed by atoms with Crippen molar-refractivity contribution in [2.75, 3.05) is 25.4 Å². The monoisotopic (exact) mass is 290 g/mol. The van der Waals surface area contributed by atoms with Gasteiger partial charge in [-0.2, -0.15) is 0 Å². The molecule has 0 aliphatic heterocycles. The van der Waals surface area contributed by atoms with E-state index < -0.39 is 11.8 Å². The normalized spacial score (nSPS) is 11.1. The van der Waals surface area contributed by atoms with Crippen LogP contribution >= 0.6 is 0 Å². The third kappa shape index (κ3) is 4.18. The van der Waals surface area contributed by atoms with Gasteiger partial charge in [-0.25, -0.2) is 4.98 Å². The number of rotatable bonds is 7. The van der Waals surface area contributed by atoms with E-state index in [0.29, 0.717) is 18.7 Å². The molecule has 1 heterocycles. The maximum Gasteiger partial charge on any atom is 0.231 e. The van der Waals surface area contributed by atoms with Crippen LogP contribution < -0.4 is 17.2 Å². The van der Waals surface area contributed by atoms with E-state index in [1.807, 2.05) is 6.07 Å². The highest BCUT2D eigenvalue weighted by Crippen LogP contribution is 2.15. The molecule has 8 heteroatoms. The number of hydrogen-bond acceptors (Lipinski definition) is 5. The molecule has 2 aromatic rings. The van der Waals surface area contributed by atoms with Crippen LogP contribution in [0.25, 0.3) is 11.0 Å². The van der Waals surface area contributed by atoms with Crippen LogP contribution in [0.5, 0.6) is 0 Å². The third-order valence-electron chi connectivity index (χ3n) is 2.98. The molecule has 21 heavy (non-hydrogen) atoms. The zero-order valence-corrected chi connectivity index (χ0v) is 11.5. The Morgan fingerprint density at radius 2 is 1.86 bits per heavy atom. The molecule has 1 aromatic heterocycles. The highest BCUT2D eigenvalue weighted by Gasteiger charge is 2.12. The molecule has 0 aliphatic rings. The summed E-state index contributed by atoms with van der Waals surface area (Å²) in [5.41, 5.74) is 18.3. The van der Waals surface area contributed by atoms with Crippen LogP contribution in [0, 0.1) is 0 Å². The second-order valence-corrected chi connectivity index (χ2v) is 4.85. The fourth-order valence-corrected chi connectivity index (χ4v) is 2.12. The highest BCUT2D eigenvalue weighted by molar-refractivity contribution is 5.79. The summed E-state index contributed by atoms with van der Waals surface area (Å²) in [5, 5.41) is 0. The molecular formula is C13H18N6O2. The first-order valence-electron chi connectivity index (χ1n) is 6.47. The topological polar surface area (TPSA) is 144 Å². The smallest absolute Gasteiger partial charge is 0.231 e. The molecule has 8 nitrogen and oxygen atoms in total. The van der Waals surface area contributed by atoms with Crippen LogP contribution in [-0.4, -0.2) is 46.3 Å². The van der Waals surface area contributed by atoms with Crippen LogP contribution in [0.3, 0.4) is 0 Å². The van der Waals surface area contributed by atoms with Crippen molar-refractivity contribution in [1.29, 1.82) is 0 Å². The van der Waals surface area contributed by atoms with E-state index in [9.17, 15) is 9.59 Å². The molecule has 1 aromatic carbocycles. The molecule has 0 unspecified atom stereocenters. The first-order chi connectivity index (χ1) is 9.94. The van der Waals surface area contributed by atoms with E-state index in [4.69, 9.17) is 17.2 Å². The molecule has 0 saturated heterocycles. The number of nitrogens with one attached hydrogen (secondary N) is 1. The molecule has 0 atom stereocenters. The van der Waals surface area contributed by atoms with E-state index in [-0.39, 0.29) is 13.1 Å². The average molecular weight is 290 g/mol. The molecule has 0 radical (unpaired) electrons. The number of carbonyl (C=O) groups excluding carboxylic acids is 2. The zero-order chi connectivity index (χ0) is 15.4. The van der Waals surface area contributed by atoms with E-state index in [1.165, 1.54) is 0 Å². The Bertz CT molecular complexity index is 650. The first kappa shape index (κ1) is 14.8. The standard InChI is InChI=1S/C13H18N6O2/c14-8-1-2-9-10(5-8)18-13(17-9)3-4-19(6-11(15)20)7-12(16)21/h1-2,5H,3-4,6-7,14H2,(H2,15,20)(H2,16,21)(H,17,18). The van der Waals surface area contributed by atoms with Gasteiger partial charge in [-0.05, 0) is 18.2 Å². The molecule has 0 aliphatic carbocycles. The molecule has 0 bridgehead atoms. The first-order valence-corrected chi connectivity index (χ1v) is 6.47. The minimum Gasteiger partial charge on any atom is -0.399 e. The van der Waals surface area contributed by atoms with Gasteiger partial charge in [-0.1, -0.05) is 0 Å². The summed E-state index contributed by atoms with van der Waals surface area (Å²) in [4.78, 5) is 31.1. The number of hydrogen-bond donors (Lipinski definition) is 4. The number of primary amides is 2. The average Bonchev–Trinajstić information content (AvgIpc) is 2.76. The Morgan fingerprint density at radius 1 is 1.19 bits per heavy atom. The van der Waals surface area contributed by atoms with Crippen LogP contribution in [0.15, 0.2) is 18.2 Å². The van der Waals surface area contributed by atoms with Crippen molar-refractivity contribution in [3.63, 3.8) is 0 Å². The second-order valence-electron chi connectivity index (χ2n) is 4.85. The Hall–Kier alpha value is -2.61. The number of benzene rings is 1. The maximum absolute atomic E-state index is 11.0. The molecular weight excluding hydrogens is 272 g/mol. The number of carbonyl (C=O) groups is 2. The highest BCUT2D eigenvalue weighted by atomic mass is 16.2. The number of nitrogens with two attached hydrogens (primary N) is 3. The summed E-state index contributed by atoms with van der Waals surface area (Å²) in [6.07, 6.45) is 0.537. The molecule has 112 valence electrons. The minimum atomic E-state index is -0.506. The predicted octanol–water partition coefficient (Wildman–Crippen LogP) is -1.04. The molecule has 7 N–H and O–H groups in total. The summed E-state index contributed by atoms with van der Waals surface area (Å²) in [5.74, 6) is -0.267. The Labute approximate surface area is 121 Å². The van der Waals surface area contributed by atoms with Crippen molar-refractivity contribution < 1.29 is 9.59 Å². The predicted molar refractivity (Wildman–Crippen MR) is 79.0 cm³/mol. The maximum atomic E-state index is 11.0. The summed E-state index contributed by atoms with van der Waals surface area (Å²) >= 11 is 0. The number of H-pyrrole nitrogens is 1. The Kier molecular flexibility index (Phi) is 4.39. The van der Waals surface area contributed by atoms with Crippen LogP contribution in [0.2, 0.25) is 0 Å². The van der Waals surface area contributed by atoms with Crippen molar-refractivity contribution >= 4 is 28.5 Å². The van der Waals surface area contributed by atoms with Crippen LogP contribution in [0.1, 0.15) is 5.82 Å². The van der Waals surface area contributed by atoms with Gasteiger partial charge in [0.25, 0.3) is 0 Å². The van der Waals surface area contributed by atoms with Gasteiger partial charge in [0.1, 0.15) is 5.82 Å². The van der Waals surface area contributed by atoms with Gasteiger partial charge in [0.15, 0.2) is 0 Å². The lowest BCUT2D eigenvalue weighted by Crippen LogP contribution is -2.40. The van der Waals surface area contributed by atoms with E-state index >= 15 is 0 Å². The number of aromatic amines is 1. The summed E-state index contributed by atoms with van der Waals surface area (Å²) in [6, 6.07) is 5.41. The van der Waals surface area contributed by atoms with Gasteiger partial charge in [0.05, 0.1) is 24.1 Å². The summed E-state index contributed by atoms with van der Waals surface area (Å²) in [6.45, 7) is 0.410. The number of nitrogens with zero attached hydrogens (tertiary/aromatic N) is 2. The van der Waals surface area contributed by atoms with Crippen molar-refractivity contribution in [3.05, 3.63) is 24.0 Å². The van der Waals surface area contributed by atoms with E-state index in [1.54, 1.807) is 17.0 Å². The van der Waals surface area contributed by atoms with Gasteiger partial charge in [0.2, 0.25) is 11.8 Å². The summed E-state index contributed by atoms with van der Waals surface area (Å²) < 4.78 is 0. The number of nitrogen functional groups attached to an aromatic ring is 1. The Balaban J connectivity index is 2.04. The van der Waals surface area contributed by atoms with Crippen molar-refractivity contribution in [2.45, 2.75) is 6.42 Å². The lowest BCUT2D eigenvalue weighted by Gasteiger charge is -2.17. The Morgan fingerprint density at radius 3 is 2.48 bits per heavy atom. The molecule has 0 saturated carbocycles. The quantitative estimate of drug-likeness (QED) is 0.481. The van der Waals surface area contributed by atoms with Gasteiger partial charge in [0, 0.05) is 18.7 Å². The molecule has 2 amide bonds. The van der Waals surface area contributed by atoms with Crippen LogP contribution in [-0.2, 0) is 16.0 Å². The number of amides is 2. The number of imidazole rings is 1. The molecule has 2 rings (SSSR count). The second kappa shape index (κ2) is 6.23. The van der Waals surface area contributed by atoms with Gasteiger partial charge >= 0.3 is 0 Å². The lowest BCUT2D eigenvalue weighted by atomic mass is 10.3. The molecule has 0 spiro atoms. The third-order valence-corrected chi connectivity index (χ3v) is 2.98. The molecule has 0 fully saturated rings. The summed E-state index contributed by atoms with van der Waals surface area (Å²) in [7, 11) is 0. The number of fused-ring (bicyclic) bond motifs is 1. The van der Waals surface area contributed by atoms with Crippen molar-refractivity contribution in [1.82, 2.24) is 14.9 Å². The largest absolute Gasteiger partial charge is 0.399 e. The number of aromatic nitrogens is 2. The zero-order valence-electron chi connectivity index (χ0n) is 11.5. The fourth-order valence-electron chi connectivity index (χ4n) is 2.12. The number of anilines is 1. The van der Waals surface area contributed by atoms with Crippen molar-refractivity contribution in [3.8, 4) is 0 Å². The van der Waals surface area contributed by atoms with Gasteiger partial charge < -0.3 is 22.2 Å². The minimum absolute atomic E-state index is 0.0177. The fraction of sp³-hybridized carbons (Fsp3) is 0.308. The van der Waals surface area contributed by atoms with Gasteiger partial charge in [-0.3, -0.25) is 14.5 Å². The van der Waals surface area contributed by atoms with Gasteiger partial charge in [-0.15, -0.1) is 0 Å². The van der Waals surface area contributed by atoms with E-state index in [2.05, 4.69) is 9.97 Å². The SMILES string of the molecule is NC(=O)CN(CCc1nc2ccc(N)cc2[nH]1)CC(N)=O. The van der Waals surface area contributed by atoms with Crippen molar-refractivity contribution in [2.24, 2.45) is 11.5 Å². The lowest BCUT2D eigenvalue weighted by molar-refractivity contribution is -0.121.